The van der Waals surface area contributed by atoms with E-state index in [-0.39, 0.29) is 30.2 Å². The minimum absolute atomic E-state index is 0.0707. The fourth-order valence-corrected chi connectivity index (χ4v) is 2.10. The molecule has 1 aliphatic carbocycles. The van der Waals surface area contributed by atoms with Crippen molar-refractivity contribution in [1.29, 1.82) is 0 Å². The molecule has 4 heteroatoms. The van der Waals surface area contributed by atoms with Gasteiger partial charge in [0.15, 0.2) is 11.6 Å². The summed E-state index contributed by atoms with van der Waals surface area (Å²) in [5.74, 6) is -0.702. The lowest BCUT2D eigenvalue weighted by Gasteiger charge is -2.29. The molecule has 0 radical (unpaired) electrons. The molecule has 1 aliphatic heterocycles. The van der Waals surface area contributed by atoms with Gasteiger partial charge in [-0.3, -0.25) is 19.7 Å². The zero-order valence-corrected chi connectivity index (χ0v) is 7.26. The maximum atomic E-state index is 11.5. The molecular formula is C9H11NO3. The van der Waals surface area contributed by atoms with Crippen LogP contribution in [-0.4, -0.2) is 29.4 Å². The lowest BCUT2D eigenvalue weighted by Crippen LogP contribution is -2.58. The minimum Gasteiger partial charge on any atom is -0.299 e. The van der Waals surface area contributed by atoms with Crippen molar-refractivity contribution in [3.63, 3.8) is 0 Å². The number of rotatable bonds is 0. The second-order valence-corrected chi connectivity index (χ2v) is 3.67. The van der Waals surface area contributed by atoms with Crippen molar-refractivity contribution >= 4 is 17.3 Å². The molecule has 70 valence electrons. The van der Waals surface area contributed by atoms with Crippen LogP contribution < -0.4 is 5.32 Å². The van der Waals surface area contributed by atoms with E-state index in [1.807, 2.05) is 0 Å². The van der Waals surface area contributed by atoms with Gasteiger partial charge in [-0.2, -0.15) is 0 Å². The van der Waals surface area contributed by atoms with Crippen LogP contribution in [-0.2, 0) is 14.4 Å². The molecule has 1 saturated heterocycles. The Bertz CT molecular complexity index is 267. The predicted octanol–water partition coefficient (Wildman–Crippen LogP) is -0.390. The zero-order valence-electron chi connectivity index (χ0n) is 7.26. The van der Waals surface area contributed by atoms with Gasteiger partial charge in [-0.1, -0.05) is 0 Å². The quantitative estimate of drug-likeness (QED) is 0.517. The Balaban J connectivity index is 2.31. The van der Waals surface area contributed by atoms with E-state index in [4.69, 9.17) is 0 Å². The summed E-state index contributed by atoms with van der Waals surface area (Å²) in [6.45, 7) is 0.700. The Morgan fingerprint density at radius 3 is 2.15 bits per heavy atom. The molecule has 0 atom stereocenters. The number of carbonyl (C=O) groups is 3. The van der Waals surface area contributed by atoms with Gasteiger partial charge >= 0.3 is 0 Å². The topological polar surface area (TPSA) is 63.2 Å². The number of hydrogen-bond acceptors (Lipinski definition) is 4. The second kappa shape index (κ2) is 2.73. The lowest BCUT2D eigenvalue weighted by molar-refractivity contribution is -0.143. The zero-order chi connectivity index (χ0) is 9.47. The molecule has 1 spiro atoms. The maximum Gasteiger partial charge on any atom is 0.167 e. The van der Waals surface area contributed by atoms with Gasteiger partial charge in [-0.05, 0) is 19.4 Å². The molecule has 1 saturated carbocycles. The molecule has 0 aromatic heterocycles. The van der Waals surface area contributed by atoms with Crippen molar-refractivity contribution in [2.24, 2.45) is 0 Å². The van der Waals surface area contributed by atoms with Crippen LogP contribution in [0.3, 0.4) is 0 Å². The van der Waals surface area contributed by atoms with E-state index in [0.717, 1.165) is 6.42 Å². The fourth-order valence-electron chi connectivity index (χ4n) is 2.10. The van der Waals surface area contributed by atoms with Gasteiger partial charge in [-0.25, -0.2) is 0 Å². The van der Waals surface area contributed by atoms with Crippen molar-refractivity contribution in [1.82, 2.24) is 5.32 Å². The van der Waals surface area contributed by atoms with E-state index in [1.54, 1.807) is 0 Å². The predicted molar refractivity (Wildman–Crippen MR) is 44.2 cm³/mol. The molecule has 0 unspecified atom stereocenters. The minimum atomic E-state index is -0.978. The molecule has 2 fully saturated rings. The summed E-state index contributed by atoms with van der Waals surface area (Å²) in [7, 11) is 0. The summed E-state index contributed by atoms with van der Waals surface area (Å²) < 4.78 is 0. The molecule has 0 aromatic rings. The van der Waals surface area contributed by atoms with Gasteiger partial charge in [0, 0.05) is 0 Å². The normalized spacial score (nSPS) is 27.2. The summed E-state index contributed by atoms with van der Waals surface area (Å²) in [5.41, 5.74) is -0.978. The molecular weight excluding hydrogens is 170 g/mol. The van der Waals surface area contributed by atoms with Gasteiger partial charge in [0.1, 0.15) is 11.3 Å². The van der Waals surface area contributed by atoms with Crippen LogP contribution in [0.2, 0.25) is 0 Å². The Morgan fingerprint density at radius 1 is 1.08 bits per heavy atom. The van der Waals surface area contributed by atoms with Gasteiger partial charge in [0.2, 0.25) is 0 Å². The summed E-state index contributed by atoms with van der Waals surface area (Å²) in [5, 5.41) is 2.94. The van der Waals surface area contributed by atoms with Gasteiger partial charge in [0.05, 0.1) is 12.8 Å². The van der Waals surface area contributed by atoms with E-state index >= 15 is 0 Å². The van der Waals surface area contributed by atoms with Gasteiger partial charge < -0.3 is 0 Å². The molecule has 2 rings (SSSR count). The van der Waals surface area contributed by atoms with Crippen LogP contribution in [0, 0.1) is 0 Å². The standard InChI is InChI=1S/C9H11NO3/c11-6-4-7(12)9(8(13)5-6)2-1-3-10-9/h10H,1-5H2. The summed E-state index contributed by atoms with van der Waals surface area (Å²) in [6.07, 6.45) is 1.26. The summed E-state index contributed by atoms with van der Waals surface area (Å²) >= 11 is 0. The number of hydrogen-bond donors (Lipinski definition) is 1. The molecule has 2 aliphatic rings. The fraction of sp³-hybridized carbons (Fsp3) is 0.667. The van der Waals surface area contributed by atoms with Crippen LogP contribution in [0.15, 0.2) is 0 Å². The van der Waals surface area contributed by atoms with Crippen molar-refractivity contribution in [3.05, 3.63) is 0 Å². The number of ketones is 3. The Hall–Kier alpha value is -1.03. The van der Waals surface area contributed by atoms with Crippen LogP contribution in [0.25, 0.3) is 0 Å². The third-order valence-corrected chi connectivity index (χ3v) is 2.82. The molecule has 13 heavy (non-hydrogen) atoms. The van der Waals surface area contributed by atoms with Crippen molar-refractivity contribution < 1.29 is 14.4 Å². The average Bonchev–Trinajstić information content (AvgIpc) is 2.50. The highest BCUT2D eigenvalue weighted by Gasteiger charge is 2.50. The van der Waals surface area contributed by atoms with Crippen LogP contribution in [0.5, 0.6) is 0 Å². The smallest absolute Gasteiger partial charge is 0.167 e. The Morgan fingerprint density at radius 2 is 1.69 bits per heavy atom. The van der Waals surface area contributed by atoms with Crippen LogP contribution in [0.4, 0.5) is 0 Å². The monoisotopic (exact) mass is 181 g/mol. The highest BCUT2D eigenvalue weighted by atomic mass is 16.2. The molecule has 0 aromatic carbocycles. The van der Waals surface area contributed by atoms with Gasteiger partial charge in [0.25, 0.3) is 0 Å². The third kappa shape index (κ3) is 1.13. The SMILES string of the molecule is O=C1CC(=O)C2(CCCN2)C(=O)C1. The second-order valence-electron chi connectivity index (χ2n) is 3.67. The van der Waals surface area contributed by atoms with E-state index in [0.29, 0.717) is 13.0 Å². The first-order valence-electron chi connectivity index (χ1n) is 4.48. The maximum absolute atomic E-state index is 11.5. The van der Waals surface area contributed by atoms with Gasteiger partial charge in [-0.15, -0.1) is 0 Å². The molecule has 0 bridgehead atoms. The highest BCUT2D eigenvalue weighted by molar-refractivity contribution is 6.26. The largest absolute Gasteiger partial charge is 0.299 e. The van der Waals surface area contributed by atoms with Crippen molar-refractivity contribution in [2.45, 2.75) is 31.2 Å². The first-order valence-corrected chi connectivity index (χ1v) is 4.48. The van der Waals surface area contributed by atoms with E-state index in [9.17, 15) is 14.4 Å². The van der Waals surface area contributed by atoms with Crippen LogP contribution in [0.1, 0.15) is 25.7 Å². The third-order valence-electron chi connectivity index (χ3n) is 2.82. The number of nitrogens with one attached hydrogen (secondary N) is 1. The van der Waals surface area contributed by atoms with Crippen molar-refractivity contribution in [2.75, 3.05) is 6.54 Å². The molecule has 1 heterocycles. The Kier molecular flexibility index (Phi) is 1.80. The first-order chi connectivity index (χ1) is 6.15. The number of carbonyl (C=O) groups excluding carboxylic acids is 3. The van der Waals surface area contributed by atoms with Crippen molar-refractivity contribution in [3.8, 4) is 0 Å². The number of Topliss-reactive ketones (excluding diaryl/α,β-unsaturated/α-hetero) is 3. The molecule has 0 amide bonds. The average molecular weight is 181 g/mol. The summed E-state index contributed by atoms with van der Waals surface area (Å²) in [4.78, 5) is 34.0. The molecule has 1 N–H and O–H groups in total. The first kappa shape index (κ1) is 8.56. The van der Waals surface area contributed by atoms with Crippen LogP contribution >= 0.6 is 0 Å². The molecule has 4 nitrogen and oxygen atoms in total. The van der Waals surface area contributed by atoms with E-state index < -0.39 is 5.54 Å². The van der Waals surface area contributed by atoms with E-state index in [1.165, 1.54) is 0 Å². The lowest BCUT2D eigenvalue weighted by atomic mass is 9.78. The Labute approximate surface area is 75.7 Å². The highest BCUT2D eigenvalue weighted by Crippen LogP contribution is 2.28. The van der Waals surface area contributed by atoms with E-state index in [2.05, 4.69) is 5.32 Å². The summed E-state index contributed by atoms with van der Waals surface area (Å²) in [6, 6.07) is 0.